The van der Waals surface area contributed by atoms with Crippen LogP contribution in [0.5, 0.6) is 0 Å². The van der Waals surface area contributed by atoms with Gasteiger partial charge in [-0.25, -0.2) is 4.79 Å². The monoisotopic (exact) mass is 252 g/mol. The van der Waals surface area contributed by atoms with Crippen LogP contribution in [0.3, 0.4) is 0 Å². The van der Waals surface area contributed by atoms with Gasteiger partial charge in [0.1, 0.15) is 6.04 Å². The smallest absolute Gasteiger partial charge is 0.326 e. The molecular weight excluding hydrogens is 236 g/mol. The highest BCUT2D eigenvalue weighted by atomic mass is 16.5. The van der Waals surface area contributed by atoms with E-state index in [0.717, 1.165) is 0 Å². The molecule has 0 saturated heterocycles. The summed E-state index contributed by atoms with van der Waals surface area (Å²) in [6.07, 6.45) is 3.87. The Kier molecular flexibility index (Phi) is 5.79. The maximum atomic E-state index is 11.8. The van der Waals surface area contributed by atoms with Crippen LogP contribution < -0.4 is 5.32 Å². The van der Waals surface area contributed by atoms with Crippen LogP contribution in [-0.4, -0.2) is 41.7 Å². The van der Waals surface area contributed by atoms with Gasteiger partial charge in [0.25, 0.3) is 5.91 Å². The molecule has 0 aliphatic rings. The Morgan fingerprint density at radius 1 is 1.44 bits per heavy atom. The zero-order valence-electron chi connectivity index (χ0n) is 10.1. The van der Waals surface area contributed by atoms with Crippen molar-refractivity contribution in [3.05, 3.63) is 30.1 Å². The number of aliphatic carboxylic acids is 1. The normalized spacial score (nSPS) is 11.8. The number of nitrogens with zero attached hydrogens (tertiary/aromatic N) is 1. The zero-order valence-corrected chi connectivity index (χ0v) is 10.1. The van der Waals surface area contributed by atoms with Crippen molar-refractivity contribution in [2.75, 3.05) is 13.7 Å². The maximum Gasteiger partial charge on any atom is 0.326 e. The van der Waals surface area contributed by atoms with E-state index in [-0.39, 0.29) is 0 Å². The Labute approximate surface area is 105 Å². The van der Waals surface area contributed by atoms with E-state index >= 15 is 0 Å². The SMILES string of the molecule is COCCCC(NC(=O)c1ccncc1)C(=O)O. The summed E-state index contributed by atoms with van der Waals surface area (Å²) in [6, 6.07) is 2.16. The number of carbonyl (C=O) groups is 2. The minimum absolute atomic E-state index is 0.333. The number of hydrogen-bond acceptors (Lipinski definition) is 4. The largest absolute Gasteiger partial charge is 0.480 e. The first kappa shape index (κ1) is 14.1. The van der Waals surface area contributed by atoms with E-state index in [1.165, 1.54) is 24.5 Å². The second kappa shape index (κ2) is 7.39. The topological polar surface area (TPSA) is 88.5 Å². The molecule has 0 aliphatic carbocycles. The van der Waals surface area contributed by atoms with Gasteiger partial charge in [-0.15, -0.1) is 0 Å². The molecule has 1 aromatic heterocycles. The number of hydrogen-bond donors (Lipinski definition) is 2. The van der Waals surface area contributed by atoms with Crippen LogP contribution in [0.25, 0.3) is 0 Å². The van der Waals surface area contributed by atoms with Crippen LogP contribution in [0.15, 0.2) is 24.5 Å². The Hall–Kier alpha value is -1.95. The van der Waals surface area contributed by atoms with Crippen LogP contribution in [0.2, 0.25) is 0 Å². The molecule has 0 fully saturated rings. The van der Waals surface area contributed by atoms with E-state index in [2.05, 4.69) is 10.3 Å². The molecule has 2 N–H and O–H groups in total. The second-order valence-corrected chi connectivity index (χ2v) is 3.74. The number of carbonyl (C=O) groups excluding carboxylic acids is 1. The van der Waals surface area contributed by atoms with Crippen molar-refractivity contribution in [2.24, 2.45) is 0 Å². The summed E-state index contributed by atoms with van der Waals surface area (Å²) in [6.45, 7) is 0.467. The highest BCUT2D eigenvalue weighted by Gasteiger charge is 2.19. The van der Waals surface area contributed by atoms with Crippen LogP contribution in [0.1, 0.15) is 23.2 Å². The molecule has 0 bridgehead atoms. The fourth-order valence-electron chi connectivity index (χ4n) is 1.43. The molecule has 1 atom stereocenters. The molecule has 18 heavy (non-hydrogen) atoms. The van der Waals surface area contributed by atoms with E-state index in [1.807, 2.05) is 0 Å². The van der Waals surface area contributed by atoms with Gasteiger partial charge in [0.05, 0.1) is 0 Å². The number of methoxy groups -OCH3 is 1. The summed E-state index contributed by atoms with van der Waals surface area (Å²) in [4.78, 5) is 26.5. The average Bonchev–Trinajstić information content (AvgIpc) is 2.38. The van der Waals surface area contributed by atoms with Crippen molar-refractivity contribution >= 4 is 11.9 Å². The van der Waals surface area contributed by atoms with Crippen molar-refractivity contribution in [1.29, 1.82) is 0 Å². The quantitative estimate of drug-likeness (QED) is 0.697. The van der Waals surface area contributed by atoms with E-state index < -0.39 is 17.9 Å². The standard InChI is InChI=1S/C12H16N2O4/c1-18-8-2-3-10(12(16)17)14-11(15)9-4-6-13-7-5-9/h4-7,10H,2-3,8H2,1H3,(H,14,15)(H,16,17). The van der Waals surface area contributed by atoms with Crippen LogP contribution in [0.4, 0.5) is 0 Å². The Morgan fingerprint density at radius 2 is 2.11 bits per heavy atom. The third-order valence-electron chi connectivity index (χ3n) is 2.39. The van der Waals surface area contributed by atoms with E-state index in [9.17, 15) is 9.59 Å². The first-order valence-corrected chi connectivity index (χ1v) is 5.57. The van der Waals surface area contributed by atoms with Gasteiger partial charge < -0.3 is 15.2 Å². The lowest BCUT2D eigenvalue weighted by molar-refractivity contribution is -0.139. The van der Waals surface area contributed by atoms with E-state index in [4.69, 9.17) is 9.84 Å². The van der Waals surface area contributed by atoms with Gasteiger partial charge in [-0.1, -0.05) is 0 Å². The Balaban J connectivity index is 2.55. The molecule has 0 aromatic carbocycles. The van der Waals surface area contributed by atoms with E-state index in [0.29, 0.717) is 25.0 Å². The number of carboxylic acid groups (broad SMARTS) is 1. The molecule has 0 radical (unpaired) electrons. The van der Waals surface area contributed by atoms with Crippen molar-refractivity contribution in [3.8, 4) is 0 Å². The molecule has 6 heteroatoms. The molecule has 1 rings (SSSR count). The second-order valence-electron chi connectivity index (χ2n) is 3.74. The lowest BCUT2D eigenvalue weighted by Gasteiger charge is -2.14. The summed E-state index contributed by atoms with van der Waals surface area (Å²) in [5.74, 6) is -1.46. The number of aromatic nitrogens is 1. The molecule has 6 nitrogen and oxygen atoms in total. The third-order valence-corrected chi connectivity index (χ3v) is 2.39. The van der Waals surface area contributed by atoms with Crippen LogP contribution >= 0.6 is 0 Å². The van der Waals surface area contributed by atoms with Crippen molar-refractivity contribution < 1.29 is 19.4 Å². The van der Waals surface area contributed by atoms with Gasteiger partial charge in [-0.3, -0.25) is 9.78 Å². The molecule has 0 saturated carbocycles. The zero-order chi connectivity index (χ0) is 13.4. The van der Waals surface area contributed by atoms with Crippen molar-refractivity contribution in [1.82, 2.24) is 10.3 Å². The molecule has 1 amide bonds. The van der Waals surface area contributed by atoms with Crippen LogP contribution in [0, 0.1) is 0 Å². The van der Waals surface area contributed by atoms with Gasteiger partial charge in [0.2, 0.25) is 0 Å². The summed E-state index contributed by atoms with van der Waals surface area (Å²) in [5, 5.41) is 11.5. The average molecular weight is 252 g/mol. The van der Waals surface area contributed by atoms with Gasteiger partial charge in [0, 0.05) is 31.7 Å². The number of ether oxygens (including phenoxy) is 1. The highest BCUT2D eigenvalue weighted by molar-refractivity contribution is 5.96. The molecule has 0 spiro atoms. The van der Waals surface area contributed by atoms with Gasteiger partial charge in [-0.05, 0) is 25.0 Å². The Morgan fingerprint density at radius 3 is 2.67 bits per heavy atom. The lowest BCUT2D eigenvalue weighted by Crippen LogP contribution is -2.40. The van der Waals surface area contributed by atoms with Crippen molar-refractivity contribution in [3.63, 3.8) is 0 Å². The minimum Gasteiger partial charge on any atom is -0.480 e. The van der Waals surface area contributed by atoms with Gasteiger partial charge in [0.15, 0.2) is 0 Å². The predicted octanol–water partition coefficient (Wildman–Crippen LogP) is 0.691. The number of carboxylic acids is 1. The number of pyridine rings is 1. The first-order valence-electron chi connectivity index (χ1n) is 5.57. The predicted molar refractivity (Wildman–Crippen MR) is 64.2 cm³/mol. The molecule has 1 unspecified atom stereocenters. The highest BCUT2D eigenvalue weighted by Crippen LogP contribution is 2.02. The molecular formula is C12H16N2O4. The Bertz CT molecular complexity index is 394. The fraction of sp³-hybridized carbons (Fsp3) is 0.417. The van der Waals surface area contributed by atoms with Crippen molar-refractivity contribution in [2.45, 2.75) is 18.9 Å². The molecule has 1 aromatic rings. The molecule has 1 heterocycles. The number of nitrogens with one attached hydrogen (secondary N) is 1. The van der Waals surface area contributed by atoms with Crippen LogP contribution in [-0.2, 0) is 9.53 Å². The maximum absolute atomic E-state index is 11.8. The summed E-state index contributed by atoms with van der Waals surface area (Å²) >= 11 is 0. The van der Waals surface area contributed by atoms with Gasteiger partial charge in [-0.2, -0.15) is 0 Å². The number of amides is 1. The third kappa shape index (κ3) is 4.50. The molecule has 0 aliphatic heterocycles. The number of rotatable bonds is 7. The lowest BCUT2D eigenvalue weighted by atomic mass is 10.1. The van der Waals surface area contributed by atoms with E-state index in [1.54, 1.807) is 7.11 Å². The first-order chi connectivity index (χ1) is 8.65. The summed E-state index contributed by atoms with van der Waals surface area (Å²) in [7, 11) is 1.55. The minimum atomic E-state index is -1.05. The fourth-order valence-corrected chi connectivity index (χ4v) is 1.43. The summed E-state index contributed by atoms with van der Waals surface area (Å²) < 4.78 is 4.85. The summed E-state index contributed by atoms with van der Waals surface area (Å²) in [5.41, 5.74) is 0.392. The van der Waals surface area contributed by atoms with Gasteiger partial charge >= 0.3 is 5.97 Å². The molecule has 98 valence electrons.